The lowest BCUT2D eigenvalue weighted by atomic mass is 9.99. The van der Waals surface area contributed by atoms with Crippen LogP contribution in [0.3, 0.4) is 0 Å². The van der Waals surface area contributed by atoms with Gasteiger partial charge in [0.2, 0.25) is 0 Å². The summed E-state index contributed by atoms with van der Waals surface area (Å²) in [7, 11) is 0. The number of aliphatic hydroxyl groups excluding tert-OH is 1. The first-order valence-electron chi connectivity index (χ1n) is 6.29. The minimum Gasteiger partial charge on any atom is -0.493 e. The first kappa shape index (κ1) is 13.6. The second-order valence-electron chi connectivity index (χ2n) is 4.38. The lowest BCUT2D eigenvalue weighted by Crippen LogP contribution is -2.04. The van der Waals surface area contributed by atoms with E-state index in [1.807, 2.05) is 19.1 Å². The second-order valence-corrected chi connectivity index (χ2v) is 4.38. The van der Waals surface area contributed by atoms with Crippen LogP contribution in [0.15, 0.2) is 42.5 Å². The zero-order valence-electron chi connectivity index (χ0n) is 11.1. The summed E-state index contributed by atoms with van der Waals surface area (Å²) in [6.07, 6.45) is -0.891. The number of aliphatic hydroxyl groups is 1. The van der Waals surface area contributed by atoms with Gasteiger partial charge in [-0.3, -0.25) is 0 Å². The lowest BCUT2D eigenvalue weighted by molar-refractivity contribution is 0.211. The molecule has 3 heteroatoms. The van der Waals surface area contributed by atoms with Gasteiger partial charge >= 0.3 is 0 Å². The van der Waals surface area contributed by atoms with Crippen molar-refractivity contribution in [2.24, 2.45) is 0 Å². The van der Waals surface area contributed by atoms with Gasteiger partial charge in [-0.05, 0) is 37.1 Å². The van der Waals surface area contributed by atoms with Crippen molar-refractivity contribution in [3.8, 4) is 5.75 Å². The number of para-hydroxylation sites is 1. The minimum atomic E-state index is -0.891. The molecule has 1 N–H and O–H groups in total. The van der Waals surface area contributed by atoms with Gasteiger partial charge in [0.05, 0.1) is 6.61 Å². The van der Waals surface area contributed by atoms with Crippen molar-refractivity contribution in [2.45, 2.75) is 20.0 Å². The Hall–Kier alpha value is -1.87. The summed E-state index contributed by atoms with van der Waals surface area (Å²) in [5, 5.41) is 10.4. The maximum Gasteiger partial charge on any atom is 0.126 e. The van der Waals surface area contributed by atoms with Crippen LogP contribution in [0.1, 0.15) is 29.7 Å². The average Bonchev–Trinajstić information content (AvgIpc) is 2.42. The molecule has 1 atom stereocenters. The van der Waals surface area contributed by atoms with Gasteiger partial charge in [-0.2, -0.15) is 0 Å². The molecule has 19 heavy (non-hydrogen) atoms. The number of hydrogen-bond acceptors (Lipinski definition) is 2. The molecule has 0 fully saturated rings. The number of halogens is 1. The molecule has 2 nitrogen and oxygen atoms in total. The first-order chi connectivity index (χ1) is 9.13. The van der Waals surface area contributed by atoms with Crippen LogP contribution in [-0.4, -0.2) is 11.7 Å². The smallest absolute Gasteiger partial charge is 0.126 e. The Balaban J connectivity index is 2.37. The van der Waals surface area contributed by atoms with E-state index in [-0.39, 0.29) is 5.82 Å². The predicted octanol–water partition coefficient (Wildman–Crippen LogP) is 3.61. The van der Waals surface area contributed by atoms with E-state index in [9.17, 15) is 9.50 Å². The van der Waals surface area contributed by atoms with Crippen LogP contribution in [0.5, 0.6) is 5.75 Å². The van der Waals surface area contributed by atoms with Crippen LogP contribution in [0, 0.1) is 12.7 Å². The highest BCUT2D eigenvalue weighted by molar-refractivity contribution is 5.40. The summed E-state index contributed by atoms with van der Waals surface area (Å²) >= 11 is 0. The number of ether oxygens (including phenoxy) is 1. The maximum absolute atomic E-state index is 13.6. The minimum absolute atomic E-state index is 0.314. The SMILES string of the molecule is CCOc1ccccc1C(O)c1ccc(C)c(F)c1. The molecule has 0 heterocycles. The summed E-state index contributed by atoms with van der Waals surface area (Å²) in [6, 6.07) is 12.0. The van der Waals surface area contributed by atoms with Crippen molar-refractivity contribution in [1.29, 1.82) is 0 Å². The molecule has 0 amide bonds. The van der Waals surface area contributed by atoms with Crippen molar-refractivity contribution in [3.63, 3.8) is 0 Å². The van der Waals surface area contributed by atoms with Gasteiger partial charge in [0.25, 0.3) is 0 Å². The van der Waals surface area contributed by atoms with Gasteiger partial charge in [0.1, 0.15) is 17.7 Å². The Labute approximate surface area is 112 Å². The fourth-order valence-electron chi connectivity index (χ4n) is 1.95. The van der Waals surface area contributed by atoms with Crippen molar-refractivity contribution >= 4 is 0 Å². The van der Waals surface area contributed by atoms with Gasteiger partial charge in [-0.1, -0.05) is 30.3 Å². The van der Waals surface area contributed by atoms with E-state index in [2.05, 4.69) is 0 Å². The zero-order chi connectivity index (χ0) is 13.8. The largest absolute Gasteiger partial charge is 0.493 e. The van der Waals surface area contributed by atoms with E-state index in [0.717, 1.165) is 0 Å². The molecule has 2 rings (SSSR count). The molecule has 0 radical (unpaired) electrons. The number of rotatable bonds is 4. The molecule has 0 bridgehead atoms. The lowest BCUT2D eigenvalue weighted by Gasteiger charge is -2.16. The Morgan fingerprint density at radius 2 is 1.95 bits per heavy atom. The molecule has 0 aliphatic carbocycles. The summed E-state index contributed by atoms with van der Waals surface area (Å²) in [5.41, 5.74) is 1.73. The van der Waals surface area contributed by atoms with Crippen LogP contribution in [-0.2, 0) is 0 Å². The van der Waals surface area contributed by atoms with E-state index >= 15 is 0 Å². The van der Waals surface area contributed by atoms with Crippen molar-refractivity contribution in [1.82, 2.24) is 0 Å². The average molecular weight is 260 g/mol. The number of hydrogen-bond donors (Lipinski definition) is 1. The molecule has 0 aliphatic heterocycles. The summed E-state index contributed by atoms with van der Waals surface area (Å²) in [5.74, 6) is 0.309. The topological polar surface area (TPSA) is 29.5 Å². The fourth-order valence-corrected chi connectivity index (χ4v) is 1.95. The van der Waals surface area contributed by atoms with Crippen LogP contribution in [0.4, 0.5) is 4.39 Å². The highest BCUT2D eigenvalue weighted by Crippen LogP contribution is 2.30. The van der Waals surface area contributed by atoms with E-state index in [4.69, 9.17) is 4.74 Å². The van der Waals surface area contributed by atoms with Crippen molar-refractivity contribution < 1.29 is 14.2 Å². The molecule has 0 aromatic heterocycles. The molecule has 0 aliphatic rings. The van der Waals surface area contributed by atoms with Gasteiger partial charge in [0, 0.05) is 5.56 Å². The van der Waals surface area contributed by atoms with E-state index in [1.54, 1.807) is 31.2 Å². The molecule has 2 aromatic rings. The standard InChI is InChI=1S/C16H17FO2/c1-3-19-15-7-5-4-6-13(15)16(18)12-9-8-11(2)14(17)10-12/h4-10,16,18H,3H2,1-2H3. The van der Waals surface area contributed by atoms with Crippen LogP contribution in [0.2, 0.25) is 0 Å². The normalized spacial score (nSPS) is 12.2. The van der Waals surface area contributed by atoms with E-state index < -0.39 is 6.10 Å². The second kappa shape index (κ2) is 5.85. The maximum atomic E-state index is 13.6. The molecule has 0 saturated heterocycles. The van der Waals surface area contributed by atoms with Gasteiger partial charge in [-0.15, -0.1) is 0 Å². The Kier molecular flexibility index (Phi) is 4.17. The summed E-state index contributed by atoms with van der Waals surface area (Å²) < 4.78 is 19.0. The zero-order valence-corrected chi connectivity index (χ0v) is 11.1. The van der Waals surface area contributed by atoms with E-state index in [0.29, 0.717) is 29.0 Å². The molecular formula is C16H17FO2. The van der Waals surface area contributed by atoms with Gasteiger partial charge in [0.15, 0.2) is 0 Å². The van der Waals surface area contributed by atoms with Crippen molar-refractivity contribution in [2.75, 3.05) is 6.61 Å². The third-order valence-electron chi connectivity index (χ3n) is 3.03. The van der Waals surface area contributed by atoms with Crippen molar-refractivity contribution in [3.05, 3.63) is 65.0 Å². The summed E-state index contributed by atoms with van der Waals surface area (Å²) in [4.78, 5) is 0. The highest BCUT2D eigenvalue weighted by Gasteiger charge is 2.16. The molecule has 0 spiro atoms. The quantitative estimate of drug-likeness (QED) is 0.909. The third kappa shape index (κ3) is 2.93. The molecular weight excluding hydrogens is 243 g/mol. The number of aryl methyl sites for hydroxylation is 1. The number of benzene rings is 2. The molecule has 0 saturated carbocycles. The van der Waals surface area contributed by atoms with Crippen LogP contribution < -0.4 is 4.74 Å². The highest BCUT2D eigenvalue weighted by atomic mass is 19.1. The van der Waals surface area contributed by atoms with Crippen LogP contribution in [0.25, 0.3) is 0 Å². The summed E-state index contributed by atoms with van der Waals surface area (Å²) in [6.45, 7) is 4.10. The van der Waals surface area contributed by atoms with Crippen LogP contribution >= 0.6 is 0 Å². The van der Waals surface area contributed by atoms with Gasteiger partial charge in [-0.25, -0.2) is 4.39 Å². The Bertz CT molecular complexity index is 566. The first-order valence-corrected chi connectivity index (χ1v) is 6.29. The molecule has 2 aromatic carbocycles. The monoisotopic (exact) mass is 260 g/mol. The third-order valence-corrected chi connectivity index (χ3v) is 3.03. The molecule has 1 unspecified atom stereocenters. The fraction of sp³-hybridized carbons (Fsp3) is 0.250. The Morgan fingerprint density at radius 3 is 2.63 bits per heavy atom. The van der Waals surface area contributed by atoms with Gasteiger partial charge < -0.3 is 9.84 Å². The Morgan fingerprint density at radius 1 is 1.21 bits per heavy atom. The predicted molar refractivity (Wildman–Crippen MR) is 72.8 cm³/mol. The molecule has 100 valence electrons. The van der Waals surface area contributed by atoms with E-state index in [1.165, 1.54) is 6.07 Å².